The molecule has 3 N–H and O–H groups in total. The standard InChI is InChI=1S/C15H19N3O2S/c1-12-4-2-7-15(18-12)10-17-21(19,20)11-14-6-3-5-13(8-14)9-16/h2-8,17H,9-11,16H2,1H3. The van der Waals surface area contributed by atoms with Crippen molar-refractivity contribution in [3.05, 3.63) is 65.0 Å². The summed E-state index contributed by atoms with van der Waals surface area (Å²) < 4.78 is 26.7. The normalized spacial score (nSPS) is 11.5. The molecule has 0 saturated heterocycles. The number of hydrogen-bond acceptors (Lipinski definition) is 4. The van der Waals surface area contributed by atoms with Gasteiger partial charge in [-0.1, -0.05) is 30.3 Å². The fraction of sp³-hybridized carbons (Fsp3) is 0.267. The number of pyridine rings is 1. The van der Waals surface area contributed by atoms with E-state index in [-0.39, 0.29) is 12.3 Å². The first-order valence-electron chi connectivity index (χ1n) is 6.66. The van der Waals surface area contributed by atoms with Gasteiger partial charge in [-0.25, -0.2) is 13.1 Å². The van der Waals surface area contributed by atoms with E-state index in [1.54, 1.807) is 12.1 Å². The number of aryl methyl sites for hydroxylation is 1. The van der Waals surface area contributed by atoms with Crippen molar-refractivity contribution in [1.82, 2.24) is 9.71 Å². The SMILES string of the molecule is Cc1cccc(CNS(=O)(=O)Cc2cccc(CN)c2)n1. The van der Waals surface area contributed by atoms with E-state index >= 15 is 0 Å². The smallest absolute Gasteiger partial charge is 0.216 e. The average Bonchev–Trinajstić information content (AvgIpc) is 2.45. The lowest BCUT2D eigenvalue weighted by molar-refractivity contribution is 0.579. The van der Waals surface area contributed by atoms with Crippen LogP contribution in [0.4, 0.5) is 0 Å². The Balaban J connectivity index is 2.01. The Labute approximate surface area is 125 Å². The van der Waals surface area contributed by atoms with Gasteiger partial charge in [0.1, 0.15) is 0 Å². The van der Waals surface area contributed by atoms with Gasteiger partial charge in [-0.05, 0) is 30.2 Å². The van der Waals surface area contributed by atoms with Crippen LogP contribution in [-0.4, -0.2) is 13.4 Å². The first kappa shape index (κ1) is 15.6. The van der Waals surface area contributed by atoms with Crippen LogP contribution in [0.2, 0.25) is 0 Å². The van der Waals surface area contributed by atoms with E-state index in [1.165, 1.54) is 0 Å². The van der Waals surface area contributed by atoms with Crippen LogP contribution in [-0.2, 0) is 28.9 Å². The van der Waals surface area contributed by atoms with E-state index in [0.717, 1.165) is 16.8 Å². The third-order valence-electron chi connectivity index (χ3n) is 3.00. The van der Waals surface area contributed by atoms with Crippen LogP contribution in [0.5, 0.6) is 0 Å². The third kappa shape index (κ3) is 4.93. The lowest BCUT2D eigenvalue weighted by atomic mass is 10.1. The second-order valence-electron chi connectivity index (χ2n) is 4.87. The maximum atomic E-state index is 12.1. The molecule has 21 heavy (non-hydrogen) atoms. The minimum atomic E-state index is -3.40. The molecule has 0 aliphatic heterocycles. The topological polar surface area (TPSA) is 85.1 Å². The van der Waals surface area contributed by atoms with Crippen LogP contribution < -0.4 is 10.5 Å². The van der Waals surface area contributed by atoms with E-state index in [2.05, 4.69) is 9.71 Å². The van der Waals surface area contributed by atoms with E-state index in [1.807, 2.05) is 37.3 Å². The molecule has 0 bridgehead atoms. The fourth-order valence-electron chi connectivity index (χ4n) is 2.00. The number of aromatic nitrogens is 1. The van der Waals surface area contributed by atoms with Gasteiger partial charge in [0.15, 0.2) is 0 Å². The van der Waals surface area contributed by atoms with Gasteiger partial charge in [0.25, 0.3) is 0 Å². The van der Waals surface area contributed by atoms with Crippen molar-refractivity contribution in [1.29, 1.82) is 0 Å². The number of rotatable bonds is 6. The lowest BCUT2D eigenvalue weighted by Gasteiger charge is -2.08. The fourth-order valence-corrected chi connectivity index (χ4v) is 3.09. The molecule has 1 heterocycles. The molecule has 2 aromatic rings. The van der Waals surface area contributed by atoms with Crippen LogP contribution in [0.25, 0.3) is 0 Å². The average molecular weight is 305 g/mol. The zero-order chi connectivity index (χ0) is 15.3. The number of benzene rings is 1. The molecule has 2 rings (SSSR count). The predicted octanol–water partition coefficient (Wildman–Crippen LogP) is 1.47. The molecule has 1 aromatic heterocycles. The van der Waals surface area contributed by atoms with Gasteiger partial charge in [-0.15, -0.1) is 0 Å². The molecule has 112 valence electrons. The molecule has 0 fully saturated rings. The summed E-state index contributed by atoms with van der Waals surface area (Å²) in [5.41, 5.74) is 8.77. The van der Waals surface area contributed by atoms with Gasteiger partial charge < -0.3 is 5.73 Å². The molecule has 0 aliphatic rings. The Bertz CT molecular complexity index is 714. The van der Waals surface area contributed by atoms with Gasteiger partial charge in [0, 0.05) is 12.2 Å². The summed E-state index contributed by atoms with van der Waals surface area (Å²) in [7, 11) is -3.40. The Kier molecular flexibility index (Phi) is 5.06. The van der Waals surface area contributed by atoms with E-state index in [0.29, 0.717) is 12.2 Å². The molecule has 0 unspecified atom stereocenters. The lowest BCUT2D eigenvalue weighted by Crippen LogP contribution is -2.25. The summed E-state index contributed by atoms with van der Waals surface area (Å²) in [5.74, 6) is -0.0628. The van der Waals surface area contributed by atoms with Crippen molar-refractivity contribution in [2.75, 3.05) is 0 Å². The highest BCUT2D eigenvalue weighted by atomic mass is 32.2. The number of nitrogens with two attached hydrogens (primary N) is 1. The van der Waals surface area contributed by atoms with Crippen LogP contribution in [0.1, 0.15) is 22.5 Å². The molecule has 0 spiro atoms. The highest BCUT2D eigenvalue weighted by Crippen LogP contribution is 2.09. The molecule has 5 nitrogen and oxygen atoms in total. The number of sulfonamides is 1. The Hall–Kier alpha value is -1.76. The molecule has 0 saturated carbocycles. The van der Waals surface area contributed by atoms with Crippen molar-refractivity contribution in [3.8, 4) is 0 Å². The van der Waals surface area contributed by atoms with Gasteiger partial charge in [0.2, 0.25) is 10.0 Å². The van der Waals surface area contributed by atoms with Crippen molar-refractivity contribution in [2.45, 2.75) is 25.8 Å². The van der Waals surface area contributed by atoms with E-state index < -0.39 is 10.0 Å². The summed E-state index contributed by atoms with van der Waals surface area (Å²) in [6, 6.07) is 12.8. The van der Waals surface area contributed by atoms with Crippen LogP contribution in [0, 0.1) is 6.92 Å². The van der Waals surface area contributed by atoms with Gasteiger partial charge in [-0.3, -0.25) is 4.98 Å². The van der Waals surface area contributed by atoms with E-state index in [4.69, 9.17) is 5.73 Å². The Morgan fingerprint density at radius 3 is 2.57 bits per heavy atom. The van der Waals surface area contributed by atoms with Crippen molar-refractivity contribution in [3.63, 3.8) is 0 Å². The summed E-state index contributed by atoms with van der Waals surface area (Å²) >= 11 is 0. The summed E-state index contributed by atoms with van der Waals surface area (Å²) in [6.45, 7) is 2.46. The second kappa shape index (κ2) is 6.80. The van der Waals surface area contributed by atoms with Crippen molar-refractivity contribution >= 4 is 10.0 Å². The molecule has 6 heteroatoms. The number of nitrogens with zero attached hydrogens (tertiary/aromatic N) is 1. The maximum Gasteiger partial charge on any atom is 0.216 e. The second-order valence-corrected chi connectivity index (χ2v) is 6.68. The van der Waals surface area contributed by atoms with Crippen molar-refractivity contribution < 1.29 is 8.42 Å². The molecule has 0 aliphatic carbocycles. The third-order valence-corrected chi connectivity index (χ3v) is 4.30. The minimum Gasteiger partial charge on any atom is -0.326 e. The zero-order valence-corrected chi connectivity index (χ0v) is 12.7. The monoisotopic (exact) mass is 305 g/mol. The van der Waals surface area contributed by atoms with E-state index in [9.17, 15) is 8.42 Å². The van der Waals surface area contributed by atoms with Crippen LogP contribution >= 0.6 is 0 Å². The van der Waals surface area contributed by atoms with Crippen LogP contribution in [0.3, 0.4) is 0 Å². The maximum absolute atomic E-state index is 12.1. The predicted molar refractivity (Wildman–Crippen MR) is 82.8 cm³/mol. The molecule has 0 amide bonds. The summed E-state index contributed by atoms with van der Waals surface area (Å²) in [6.07, 6.45) is 0. The molecule has 1 aromatic carbocycles. The molecule has 0 radical (unpaired) electrons. The van der Waals surface area contributed by atoms with Gasteiger partial charge in [0.05, 0.1) is 18.0 Å². The number of hydrogen-bond donors (Lipinski definition) is 2. The summed E-state index contributed by atoms with van der Waals surface area (Å²) in [5, 5.41) is 0. The Morgan fingerprint density at radius 2 is 1.86 bits per heavy atom. The van der Waals surface area contributed by atoms with Crippen molar-refractivity contribution in [2.24, 2.45) is 5.73 Å². The molecule has 0 atom stereocenters. The number of nitrogens with one attached hydrogen (secondary N) is 1. The Morgan fingerprint density at radius 1 is 1.14 bits per heavy atom. The highest BCUT2D eigenvalue weighted by Gasteiger charge is 2.12. The van der Waals surface area contributed by atoms with Crippen LogP contribution in [0.15, 0.2) is 42.5 Å². The molecular formula is C15H19N3O2S. The molecular weight excluding hydrogens is 286 g/mol. The summed E-state index contributed by atoms with van der Waals surface area (Å²) in [4.78, 5) is 4.27. The largest absolute Gasteiger partial charge is 0.326 e. The highest BCUT2D eigenvalue weighted by molar-refractivity contribution is 7.88. The zero-order valence-electron chi connectivity index (χ0n) is 11.9. The first-order valence-corrected chi connectivity index (χ1v) is 8.31. The quantitative estimate of drug-likeness (QED) is 0.846. The van der Waals surface area contributed by atoms with Gasteiger partial charge in [-0.2, -0.15) is 0 Å². The van der Waals surface area contributed by atoms with Gasteiger partial charge >= 0.3 is 0 Å². The minimum absolute atomic E-state index is 0.0628. The first-order chi connectivity index (χ1) is 9.98.